The molecule has 1 N–H and O–H groups in total. The van der Waals surface area contributed by atoms with E-state index in [9.17, 15) is 14.7 Å². The summed E-state index contributed by atoms with van der Waals surface area (Å²) in [5.41, 5.74) is 1.00. The molecular formula is C18H22BrNO4. The summed E-state index contributed by atoms with van der Waals surface area (Å²) >= 11 is 3.42. The molecule has 2 saturated heterocycles. The second-order valence-electron chi connectivity index (χ2n) is 6.59. The van der Waals surface area contributed by atoms with Crippen molar-refractivity contribution in [2.75, 3.05) is 19.7 Å². The summed E-state index contributed by atoms with van der Waals surface area (Å²) in [6, 6.07) is 7.80. The van der Waals surface area contributed by atoms with Gasteiger partial charge in [0, 0.05) is 24.2 Å². The van der Waals surface area contributed by atoms with Crippen LogP contribution in [0, 0.1) is 11.8 Å². The van der Waals surface area contributed by atoms with Crippen molar-refractivity contribution in [1.29, 1.82) is 0 Å². The number of carboxylic acid groups (broad SMARTS) is 1. The maximum Gasteiger partial charge on any atom is 0.309 e. The molecule has 0 bridgehead atoms. The van der Waals surface area contributed by atoms with Crippen molar-refractivity contribution in [1.82, 2.24) is 4.90 Å². The smallest absolute Gasteiger partial charge is 0.309 e. The van der Waals surface area contributed by atoms with E-state index in [1.807, 2.05) is 29.2 Å². The van der Waals surface area contributed by atoms with E-state index in [-0.39, 0.29) is 23.8 Å². The lowest BCUT2D eigenvalue weighted by Crippen LogP contribution is -2.43. The first kappa shape index (κ1) is 17.4. The summed E-state index contributed by atoms with van der Waals surface area (Å²) in [6.45, 7) is 1.90. The molecule has 0 aromatic heterocycles. The topological polar surface area (TPSA) is 66.8 Å². The van der Waals surface area contributed by atoms with Gasteiger partial charge >= 0.3 is 5.97 Å². The van der Waals surface area contributed by atoms with E-state index in [4.69, 9.17) is 4.74 Å². The third kappa shape index (κ3) is 3.98. The molecule has 130 valence electrons. The number of likely N-dealkylation sites (tertiary alicyclic amines) is 1. The van der Waals surface area contributed by atoms with Gasteiger partial charge in [-0.1, -0.05) is 28.1 Å². The molecule has 5 nitrogen and oxygen atoms in total. The molecule has 2 aliphatic rings. The number of amides is 1. The Hall–Kier alpha value is -1.40. The Balaban J connectivity index is 1.53. The fourth-order valence-electron chi connectivity index (χ4n) is 3.75. The molecule has 0 radical (unpaired) electrons. The van der Waals surface area contributed by atoms with Crippen molar-refractivity contribution in [3.63, 3.8) is 0 Å². The minimum Gasteiger partial charge on any atom is -0.481 e. The van der Waals surface area contributed by atoms with Crippen LogP contribution in [0.5, 0.6) is 0 Å². The lowest BCUT2D eigenvalue weighted by Gasteiger charge is -2.35. The SMILES string of the molecule is O=C(O)C1CCO[C@H]1C1CCN(C(=O)Cc2cccc(Br)c2)CC1. The van der Waals surface area contributed by atoms with Crippen molar-refractivity contribution in [3.8, 4) is 0 Å². The van der Waals surface area contributed by atoms with Crippen molar-refractivity contribution in [2.45, 2.75) is 31.8 Å². The summed E-state index contributed by atoms with van der Waals surface area (Å²) in [5, 5.41) is 9.29. The van der Waals surface area contributed by atoms with Gasteiger partial charge in [0.2, 0.25) is 5.91 Å². The van der Waals surface area contributed by atoms with Crippen molar-refractivity contribution in [3.05, 3.63) is 34.3 Å². The van der Waals surface area contributed by atoms with Crippen LogP contribution < -0.4 is 0 Å². The first-order valence-corrected chi connectivity index (χ1v) is 9.20. The van der Waals surface area contributed by atoms with Crippen molar-refractivity contribution < 1.29 is 19.4 Å². The minimum absolute atomic E-state index is 0.133. The molecule has 24 heavy (non-hydrogen) atoms. The third-order valence-electron chi connectivity index (χ3n) is 5.05. The fraction of sp³-hybridized carbons (Fsp3) is 0.556. The minimum atomic E-state index is -0.759. The van der Waals surface area contributed by atoms with Crippen molar-refractivity contribution >= 4 is 27.8 Å². The highest BCUT2D eigenvalue weighted by Gasteiger charge is 2.40. The maximum absolute atomic E-state index is 12.5. The highest BCUT2D eigenvalue weighted by molar-refractivity contribution is 9.10. The van der Waals surface area contributed by atoms with Crippen LogP contribution in [0.15, 0.2) is 28.7 Å². The van der Waals surface area contributed by atoms with E-state index >= 15 is 0 Å². The zero-order valence-corrected chi connectivity index (χ0v) is 15.1. The summed E-state index contributed by atoms with van der Waals surface area (Å²) in [5.74, 6) is -0.776. The summed E-state index contributed by atoms with van der Waals surface area (Å²) < 4.78 is 6.66. The molecule has 2 fully saturated rings. The van der Waals surface area contributed by atoms with E-state index in [1.54, 1.807) is 0 Å². The molecule has 6 heteroatoms. The lowest BCUT2D eigenvalue weighted by molar-refractivity contribution is -0.145. The Labute approximate surface area is 150 Å². The van der Waals surface area contributed by atoms with Crippen LogP contribution in [-0.2, 0) is 20.7 Å². The molecule has 0 saturated carbocycles. The van der Waals surface area contributed by atoms with E-state index in [1.165, 1.54) is 0 Å². The van der Waals surface area contributed by atoms with E-state index in [2.05, 4.69) is 15.9 Å². The van der Waals surface area contributed by atoms with Crippen LogP contribution in [0.3, 0.4) is 0 Å². The Morgan fingerprint density at radius 2 is 2.00 bits per heavy atom. The maximum atomic E-state index is 12.5. The number of carboxylic acids is 1. The predicted molar refractivity (Wildman–Crippen MR) is 92.6 cm³/mol. The molecule has 1 amide bonds. The molecule has 2 atom stereocenters. The van der Waals surface area contributed by atoms with E-state index < -0.39 is 5.97 Å². The largest absolute Gasteiger partial charge is 0.481 e. The molecule has 3 rings (SSSR count). The molecule has 1 aromatic carbocycles. The number of rotatable bonds is 4. The van der Waals surface area contributed by atoms with E-state index in [0.717, 1.165) is 22.9 Å². The Bertz CT molecular complexity index is 613. The van der Waals surface area contributed by atoms with Gasteiger partial charge in [-0.2, -0.15) is 0 Å². The first-order chi connectivity index (χ1) is 11.5. The monoisotopic (exact) mass is 395 g/mol. The molecule has 2 aliphatic heterocycles. The number of hydrogen-bond acceptors (Lipinski definition) is 3. The number of aliphatic carboxylic acids is 1. The number of nitrogens with zero attached hydrogens (tertiary/aromatic N) is 1. The van der Waals surface area contributed by atoms with Gasteiger partial charge in [-0.3, -0.25) is 9.59 Å². The van der Waals surface area contributed by atoms with Gasteiger partial charge in [0.15, 0.2) is 0 Å². The highest BCUT2D eigenvalue weighted by atomic mass is 79.9. The quantitative estimate of drug-likeness (QED) is 0.850. The molecule has 1 unspecified atom stereocenters. The fourth-order valence-corrected chi connectivity index (χ4v) is 4.20. The normalized spacial score (nSPS) is 25.0. The summed E-state index contributed by atoms with van der Waals surface area (Å²) in [4.78, 5) is 25.7. The zero-order valence-electron chi connectivity index (χ0n) is 13.5. The molecule has 2 heterocycles. The van der Waals surface area contributed by atoms with Crippen LogP contribution in [-0.4, -0.2) is 47.7 Å². The number of ether oxygens (including phenoxy) is 1. The second kappa shape index (κ2) is 7.66. The Morgan fingerprint density at radius 1 is 1.25 bits per heavy atom. The van der Waals surface area contributed by atoms with Crippen LogP contribution in [0.4, 0.5) is 0 Å². The number of carbonyl (C=O) groups is 2. The Morgan fingerprint density at radius 3 is 2.67 bits per heavy atom. The van der Waals surface area contributed by atoms with Crippen molar-refractivity contribution in [2.24, 2.45) is 11.8 Å². The molecular weight excluding hydrogens is 374 g/mol. The van der Waals surface area contributed by atoms with Gasteiger partial charge in [0.1, 0.15) is 0 Å². The number of hydrogen-bond donors (Lipinski definition) is 1. The average Bonchev–Trinajstić information content (AvgIpc) is 3.05. The Kier molecular flexibility index (Phi) is 5.56. The van der Waals surface area contributed by atoms with Gasteiger partial charge in [0.05, 0.1) is 18.4 Å². The van der Waals surface area contributed by atoms with Gasteiger partial charge < -0.3 is 14.7 Å². The second-order valence-corrected chi connectivity index (χ2v) is 7.51. The zero-order chi connectivity index (χ0) is 17.1. The summed E-state index contributed by atoms with van der Waals surface area (Å²) in [6.07, 6.45) is 2.45. The number of piperidine rings is 1. The number of benzene rings is 1. The first-order valence-electron chi connectivity index (χ1n) is 8.41. The number of halogens is 1. The molecule has 0 spiro atoms. The van der Waals surface area contributed by atoms with Gasteiger partial charge in [0.25, 0.3) is 0 Å². The van der Waals surface area contributed by atoms with Crippen LogP contribution in [0.1, 0.15) is 24.8 Å². The highest BCUT2D eigenvalue weighted by Crippen LogP contribution is 2.33. The predicted octanol–water partition coefficient (Wildman–Crippen LogP) is 2.72. The molecule has 0 aliphatic carbocycles. The van der Waals surface area contributed by atoms with Crippen LogP contribution in [0.25, 0.3) is 0 Å². The van der Waals surface area contributed by atoms with Crippen LogP contribution in [0.2, 0.25) is 0 Å². The lowest BCUT2D eigenvalue weighted by atomic mass is 9.84. The number of carbonyl (C=O) groups excluding carboxylic acids is 1. The van der Waals surface area contributed by atoms with E-state index in [0.29, 0.717) is 32.5 Å². The molecule has 1 aromatic rings. The third-order valence-corrected chi connectivity index (χ3v) is 5.55. The van der Waals surface area contributed by atoms with Gasteiger partial charge in [-0.25, -0.2) is 0 Å². The van der Waals surface area contributed by atoms with Gasteiger partial charge in [-0.05, 0) is 42.9 Å². The standard InChI is InChI=1S/C18H22BrNO4/c19-14-3-1-2-12(10-14)11-16(21)20-7-4-13(5-8-20)17-15(18(22)23)6-9-24-17/h1-3,10,13,15,17H,4-9,11H2,(H,22,23)/t15?,17-/m0/s1. The summed E-state index contributed by atoms with van der Waals surface area (Å²) in [7, 11) is 0. The van der Waals surface area contributed by atoms with Crippen LogP contribution >= 0.6 is 15.9 Å². The van der Waals surface area contributed by atoms with Gasteiger partial charge in [-0.15, -0.1) is 0 Å². The average molecular weight is 396 g/mol.